The molecule has 0 radical (unpaired) electrons. The second kappa shape index (κ2) is 5.42. The van der Waals surface area contributed by atoms with Gasteiger partial charge in [-0.1, -0.05) is 6.07 Å². The van der Waals surface area contributed by atoms with Crippen LogP contribution in [0.15, 0.2) is 29.2 Å². The van der Waals surface area contributed by atoms with E-state index in [1.54, 1.807) is 0 Å². The molecule has 4 nitrogen and oxygen atoms in total. The molecule has 0 spiro atoms. The molecule has 1 aliphatic heterocycles. The predicted molar refractivity (Wildman–Crippen MR) is 74.3 cm³/mol. The van der Waals surface area contributed by atoms with Gasteiger partial charge in [-0.05, 0) is 57.0 Å². The van der Waals surface area contributed by atoms with E-state index in [1.807, 2.05) is 0 Å². The predicted octanol–water partition coefficient (Wildman–Crippen LogP) is 1.73. The summed E-state index contributed by atoms with van der Waals surface area (Å²) in [5.74, 6) is -0.531. The van der Waals surface area contributed by atoms with Gasteiger partial charge in [0.1, 0.15) is 5.82 Å². The number of halogens is 1. The number of nitrogens with zero attached hydrogens (tertiary/aromatic N) is 1. The van der Waals surface area contributed by atoms with Gasteiger partial charge in [0.2, 0.25) is 10.0 Å². The van der Waals surface area contributed by atoms with Crippen LogP contribution in [0.4, 0.5) is 4.39 Å². The Balaban J connectivity index is 1.62. The Kier molecular flexibility index (Phi) is 3.79. The van der Waals surface area contributed by atoms with Gasteiger partial charge in [0.15, 0.2) is 0 Å². The number of hydrogen-bond acceptors (Lipinski definition) is 3. The van der Waals surface area contributed by atoms with Crippen molar-refractivity contribution in [1.29, 1.82) is 0 Å². The van der Waals surface area contributed by atoms with Crippen molar-refractivity contribution >= 4 is 10.0 Å². The van der Waals surface area contributed by atoms with E-state index in [2.05, 4.69) is 9.62 Å². The molecule has 1 saturated heterocycles. The van der Waals surface area contributed by atoms with Crippen molar-refractivity contribution in [2.24, 2.45) is 0 Å². The van der Waals surface area contributed by atoms with Crippen molar-refractivity contribution in [3.05, 3.63) is 30.1 Å². The highest BCUT2D eigenvalue weighted by molar-refractivity contribution is 7.89. The molecule has 20 heavy (non-hydrogen) atoms. The van der Waals surface area contributed by atoms with Crippen molar-refractivity contribution in [1.82, 2.24) is 9.62 Å². The van der Waals surface area contributed by atoms with Crippen molar-refractivity contribution in [3.8, 4) is 0 Å². The minimum Gasteiger partial charge on any atom is -0.300 e. The molecule has 6 heteroatoms. The molecule has 1 saturated carbocycles. The molecule has 1 aromatic rings. The monoisotopic (exact) mass is 298 g/mol. The first-order valence-corrected chi connectivity index (χ1v) is 8.55. The van der Waals surface area contributed by atoms with E-state index in [1.165, 1.54) is 31.0 Å². The van der Waals surface area contributed by atoms with Crippen LogP contribution in [0.5, 0.6) is 0 Å². The van der Waals surface area contributed by atoms with Crippen LogP contribution in [0.3, 0.4) is 0 Å². The SMILES string of the molecule is O=S(=O)(NC1CCN(C2CC2)CC1)c1cccc(F)c1. The summed E-state index contributed by atoms with van der Waals surface area (Å²) in [6.07, 6.45) is 4.20. The number of piperidine rings is 1. The lowest BCUT2D eigenvalue weighted by molar-refractivity contribution is 0.199. The second-order valence-electron chi connectivity index (χ2n) is 5.62. The third-order valence-corrected chi connectivity index (χ3v) is 5.54. The average Bonchev–Trinajstić information content (AvgIpc) is 3.24. The lowest BCUT2D eigenvalue weighted by atomic mass is 10.1. The number of rotatable bonds is 4. The summed E-state index contributed by atoms with van der Waals surface area (Å²) in [6.45, 7) is 1.89. The van der Waals surface area contributed by atoms with Crippen LogP contribution in [0, 0.1) is 5.82 Å². The normalized spacial score (nSPS) is 22.1. The first-order chi connectivity index (χ1) is 9.54. The Labute approximate surface area is 119 Å². The van der Waals surface area contributed by atoms with Crippen LogP contribution >= 0.6 is 0 Å². The summed E-state index contributed by atoms with van der Waals surface area (Å²) in [5, 5.41) is 0. The maximum absolute atomic E-state index is 13.1. The number of sulfonamides is 1. The maximum atomic E-state index is 13.1. The molecule has 2 fully saturated rings. The number of hydrogen-bond donors (Lipinski definition) is 1. The minimum atomic E-state index is -3.61. The summed E-state index contributed by atoms with van der Waals surface area (Å²) in [4.78, 5) is 2.44. The summed E-state index contributed by atoms with van der Waals surface area (Å²) >= 11 is 0. The highest BCUT2D eigenvalue weighted by atomic mass is 32.2. The average molecular weight is 298 g/mol. The standard InChI is InChI=1S/C14H19FN2O2S/c15-11-2-1-3-14(10-11)20(18,19)16-12-6-8-17(9-7-12)13-4-5-13/h1-3,10,12-13,16H,4-9H2. The molecule has 110 valence electrons. The van der Waals surface area contributed by atoms with Crippen LogP contribution in [-0.4, -0.2) is 38.5 Å². The molecule has 3 rings (SSSR count). The van der Waals surface area contributed by atoms with Crippen molar-refractivity contribution in [2.75, 3.05) is 13.1 Å². The second-order valence-corrected chi connectivity index (χ2v) is 7.33. The molecule has 0 aromatic heterocycles. The van der Waals surface area contributed by atoms with Crippen LogP contribution in [0.25, 0.3) is 0 Å². The summed E-state index contributed by atoms with van der Waals surface area (Å²) in [6, 6.07) is 5.83. The van der Waals surface area contributed by atoms with Crippen molar-refractivity contribution in [2.45, 2.75) is 42.7 Å². The highest BCUT2D eigenvalue weighted by Gasteiger charge is 2.32. The van der Waals surface area contributed by atoms with E-state index < -0.39 is 15.8 Å². The molecular formula is C14H19FN2O2S. The molecular weight excluding hydrogens is 279 g/mol. The van der Waals surface area contributed by atoms with E-state index in [0.717, 1.165) is 38.0 Å². The van der Waals surface area contributed by atoms with Gasteiger partial charge in [-0.25, -0.2) is 17.5 Å². The van der Waals surface area contributed by atoms with Crippen LogP contribution in [0.2, 0.25) is 0 Å². The number of likely N-dealkylation sites (tertiary alicyclic amines) is 1. The summed E-state index contributed by atoms with van der Waals surface area (Å²) in [5.41, 5.74) is 0. The molecule has 0 amide bonds. The van der Waals surface area contributed by atoms with Gasteiger partial charge in [0.05, 0.1) is 4.90 Å². The molecule has 0 unspecified atom stereocenters. The van der Waals surface area contributed by atoms with Gasteiger partial charge in [-0.2, -0.15) is 0 Å². The largest absolute Gasteiger partial charge is 0.300 e. The van der Waals surface area contributed by atoms with E-state index in [0.29, 0.717) is 0 Å². The Morgan fingerprint density at radius 1 is 1.15 bits per heavy atom. The van der Waals surface area contributed by atoms with E-state index >= 15 is 0 Å². The van der Waals surface area contributed by atoms with Gasteiger partial charge >= 0.3 is 0 Å². The smallest absolute Gasteiger partial charge is 0.240 e. The fourth-order valence-electron chi connectivity index (χ4n) is 2.74. The topological polar surface area (TPSA) is 49.4 Å². The lowest BCUT2D eigenvalue weighted by Crippen LogP contribution is -2.45. The Hall–Kier alpha value is -0.980. The van der Waals surface area contributed by atoms with Gasteiger partial charge < -0.3 is 4.90 Å². The highest BCUT2D eigenvalue weighted by Crippen LogP contribution is 2.29. The molecule has 0 atom stereocenters. The van der Waals surface area contributed by atoms with Crippen molar-refractivity contribution in [3.63, 3.8) is 0 Å². The van der Waals surface area contributed by atoms with E-state index in [4.69, 9.17) is 0 Å². The van der Waals surface area contributed by atoms with Gasteiger partial charge in [-0.15, -0.1) is 0 Å². The van der Waals surface area contributed by atoms with Gasteiger partial charge in [0.25, 0.3) is 0 Å². The van der Waals surface area contributed by atoms with E-state index in [-0.39, 0.29) is 10.9 Å². The zero-order chi connectivity index (χ0) is 14.2. The maximum Gasteiger partial charge on any atom is 0.240 e. The summed E-state index contributed by atoms with van der Waals surface area (Å²) < 4.78 is 40.2. The lowest BCUT2D eigenvalue weighted by Gasteiger charge is -2.32. The molecule has 0 bridgehead atoms. The van der Waals surface area contributed by atoms with Gasteiger partial charge in [-0.3, -0.25) is 0 Å². The zero-order valence-electron chi connectivity index (χ0n) is 11.3. The molecule has 1 N–H and O–H groups in total. The number of nitrogens with one attached hydrogen (secondary N) is 1. The minimum absolute atomic E-state index is 0.00197. The fraction of sp³-hybridized carbons (Fsp3) is 0.571. The zero-order valence-corrected chi connectivity index (χ0v) is 12.1. The fourth-order valence-corrected chi connectivity index (χ4v) is 4.08. The van der Waals surface area contributed by atoms with Crippen LogP contribution < -0.4 is 4.72 Å². The molecule has 2 aliphatic rings. The molecule has 1 heterocycles. The Bertz CT molecular complexity index is 579. The quantitative estimate of drug-likeness (QED) is 0.921. The van der Waals surface area contributed by atoms with Crippen LogP contribution in [-0.2, 0) is 10.0 Å². The first kappa shape index (κ1) is 14.0. The molecule has 1 aromatic carbocycles. The van der Waals surface area contributed by atoms with E-state index in [9.17, 15) is 12.8 Å². The third-order valence-electron chi connectivity index (χ3n) is 4.02. The van der Waals surface area contributed by atoms with Gasteiger partial charge in [0, 0.05) is 12.1 Å². The van der Waals surface area contributed by atoms with Crippen LogP contribution in [0.1, 0.15) is 25.7 Å². The Morgan fingerprint density at radius 2 is 1.85 bits per heavy atom. The Morgan fingerprint density at radius 3 is 2.45 bits per heavy atom. The third kappa shape index (κ3) is 3.19. The number of benzene rings is 1. The molecule has 1 aliphatic carbocycles. The summed E-state index contributed by atoms with van der Waals surface area (Å²) in [7, 11) is -3.61. The van der Waals surface area contributed by atoms with Crippen molar-refractivity contribution < 1.29 is 12.8 Å². The first-order valence-electron chi connectivity index (χ1n) is 7.06.